The van der Waals surface area contributed by atoms with Crippen LogP contribution in [0.3, 0.4) is 0 Å². The Hall–Kier alpha value is -3.21. The number of aromatic nitrogens is 3. The molecule has 1 aliphatic rings. The zero-order valence-electron chi connectivity index (χ0n) is 22.8. The van der Waals surface area contributed by atoms with Crippen LogP contribution in [-0.2, 0) is 14.8 Å². The fourth-order valence-corrected chi connectivity index (χ4v) is 7.11. The van der Waals surface area contributed by atoms with Gasteiger partial charge in [0.25, 0.3) is 0 Å². The van der Waals surface area contributed by atoms with Crippen molar-refractivity contribution in [2.24, 2.45) is 0 Å². The second-order valence-electron chi connectivity index (χ2n) is 11.2. The highest BCUT2D eigenvalue weighted by Crippen LogP contribution is 2.46. The number of benzene rings is 2. The molecule has 10 heteroatoms. The van der Waals surface area contributed by atoms with E-state index in [-0.39, 0.29) is 17.9 Å². The van der Waals surface area contributed by atoms with Gasteiger partial charge < -0.3 is 18.5 Å². The van der Waals surface area contributed by atoms with Crippen molar-refractivity contribution < 1.29 is 27.1 Å². The molecule has 6 nitrogen and oxygen atoms in total. The molecule has 0 saturated heterocycles. The van der Waals surface area contributed by atoms with E-state index in [1.165, 1.54) is 12.1 Å². The fraction of sp³-hybridized carbons (Fsp3) is 0.379. The molecule has 0 amide bonds. The lowest BCUT2D eigenvalue weighted by atomic mass is 10.0. The van der Waals surface area contributed by atoms with Crippen LogP contribution in [0.15, 0.2) is 54.7 Å². The van der Waals surface area contributed by atoms with Gasteiger partial charge in [-0.05, 0) is 51.7 Å². The summed E-state index contributed by atoms with van der Waals surface area (Å²) in [5.74, 6) is 0.269. The van der Waals surface area contributed by atoms with Gasteiger partial charge in [-0.3, -0.25) is 4.98 Å². The molecule has 2 unspecified atom stereocenters. The molecule has 2 aromatic heterocycles. The van der Waals surface area contributed by atoms with Gasteiger partial charge in [0.05, 0.1) is 28.4 Å². The highest BCUT2D eigenvalue weighted by molar-refractivity contribution is 6.69. The molecule has 1 aliphatic heterocycles. The number of rotatable bonds is 8. The van der Waals surface area contributed by atoms with Crippen LogP contribution in [-0.4, -0.2) is 36.6 Å². The van der Waals surface area contributed by atoms with Crippen LogP contribution < -0.4 is 4.74 Å². The first-order valence-electron chi connectivity index (χ1n) is 12.8. The molecule has 0 bridgehead atoms. The summed E-state index contributed by atoms with van der Waals surface area (Å²) in [7, 11) is -0.248. The maximum atomic E-state index is 15.4. The van der Waals surface area contributed by atoms with Crippen molar-refractivity contribution >= 4 is 19.4 Å². The summed E-state index contributed by atoms with van der Waals surface area (Å²) in [6.07, 6.45) is 1.74. The largest absolute Gasteiger partial charge is 0.434 e. The second-order valence-corrected chi connectivity index (χ2v) is 15.6. The van der Waals surface area contributed by atoms with Crippen LogP contribution in [0.2, 0.25) is 19.6 Å². The Balaban J connectivity index is 1.59. The molecule has 0 aliphatic carbocycles. The Kier molecular flexibility index (Phi) is 7.07. The summed E-state index contributed by atoms with van der Waals surface area (Å²) in [4.78, 5) is 9.29. The number of pyridine rings is 1. The topological polar surface area (TPSA) is 58.4 Å². The highest BCUT2D eigenvalue weighted by atomic mass is 28.4. The van der Waals surface area contributed by atoms with Gasteiger partial charge in [-0.25, -0.2) is 9.37 Å². The molecule has 2 atom stereocenters. The van der Waals surface area contributed by atoms with Gasteiger partial charge >= 0.3 is 6.61 Å². The van der Waals surface area contributed by atoms with E-state index in [0.29, 0.717) is 40.0 Å². The van der Waals surface area contributed by atoms with Crippen molar-refractivity contribution in [2.45, 2.75) is 64.3 Å². The number of fused-ring (bicyclic) bond motifs is 3. The van der Waals surface area contributed by atoms with Gasteiger partial charge in [-0.15, -0.1) is 0 Å². The summed E-state index contributed by atoms with van der Waals surface area (Å²) in [5.41, 5.74) is 2.87. The molecule has 5 rings (SSSR count). The number of ether oxygens (including phenoxy) is 2. The summed E-state index contributed by atoms with van der Waals surface area (Å²) < 4.78 is 60.5. The number of methoxy groups -OCH3 is 1. The molecule has 0 N–H and O–H groups in total. The Bertz CT molecular complexity index is 1500. The number of halogens is 3. The van der Waals surface area contributed by atoms with Crippen molar-refractivity contribution in [3.63, 3.8) is 0 Å². The molecule has 206 valence electrons. The minimum atomic E-state index is -2.96. The third-order valence-corrected chi connectivity index (χ3v) is 8.00. The number of nitrogens with zero attached hydrogens (tertiary/aromatic N) is 3. The maximum absolute atomic E-state index is 15.4. The SMILES string of the molecule is COC1CC(c2ccccc2OC(F)F)n2c1nc1cc(F)c(-c3ccc(C(C)(C)O[Si](C)(C)C)nc3)cc12. The summed E-state index contributed by atoms with van der Waals surface area (Å²) in [5, 5.41) is 0. The van der Waals surface area contributed by atoms with Gasteiger partial charge in [0.1, 0.15) is 23.5 Å². The molecule has 2 aromatic carbocycles. The van der Waals surface area contributed by atoms with Crippen LogP contribution in [0.4, 0.5) is 13.2 Å². The number of hydrogen-bond acceptors (Lipinski definition) is 5. The summed E-state index contributed by atoms with van der Waals surface area (Å²) >= 11 is 0. The Morgan fingerprint density at radius 2 is 1.82 bits per heavy atom. The number of imidazole rings is 1. The van der Waals surface area contributed by atoms with E-state index >= 15 is 4.39 Å². The highest BCUT2D eigenvalue weighted by Gasteiger charge is 2.37. The lowest BCUT2D eigenvalue weighted by molar-refractivity contribution is -0.0507. The van der Waals surface area contributed by atoms with Crippen molar-refractivity contribution in [3.8, 4) is 16.9 Å². The lowest BCUT2D eigenvalue weighted by Crippen LogP contribution is -2.37. The minimum absolute atomic E-state index is 0.0901. The molecule has 0 fully saturated rings. The monoisotopic (exact) mass is 555 g/mol. The Labute approximate surface area is 226 Å². The van der Waals surface area contributed by atoms with E-state index in [9.17, 15) is 8.78 Å². The van der Waals surface area contributed by atoms with Gasteiger partial charge in [0.15, 0.2) is 8.32 Å². The van der Waals surface area contributed by atoms with E-state index in [0.717, 1.165) is 5.69 Å². The standard InChI is InChI=1S/C29H32F3N3O3Si/c1-29(2,38-39(4,5)6)26-12-11-17(16-33-26)19-13-23-21(14-20(19)30)34-27-25(36-3)15-22(35(23)27)18-9-7-8-10-24(18)37-28(31)32/h7-14,16,22,25,28H,15H2,1-6H3. The zero-order chi connectivity index (χ0) is 28.1. The minimum Gasteiger partial charge on any atom is -0.434 e. The van der Waals surface area contributed by atoms with Crippen LogP contribution in [0.25, 0.3) is 22.2 Å². The van der Waals surface area contributed by atoms with Gasteiger partial charge in [0.2, 0.25) is 0 Å². The second kappa shape index (κ2) is 10.1. The molecule has 0 saturated carbocycles. The average molecular weight is 556 g/mol. The van der Waals surface area contributed by atoms with E-state index in [4.69, 9.17) is 13.9 Å². The molecule has 0 spiro atoms. The van der Waals surface area contributed by atoms with Gasteiger partial charge in [-0.2, -0.15) is 8.78 Å². The van der Waals surface area contributed by atoms with Crippen LogP contribution in [0, 0.1) is 5.82 Å². The van der Waals surface area contributed by atoms with E-state index < -0.39 is 26.3 Å². The fourth-order valence-electron chi connectivity index (χ4n) is 5.48. The first-order chi connectivity index (χ1) is 18.4. The predicted molar refractivity (Wildman–Crippen MR) is 146 cm³/mol. The van der Waals surface area contributed by atoms with E-state index in [2.05, 4.69) is 29.6 Å². The first kappa shape index (κ1) is 27.4. The molecule has 0 radical (unpaired) electrons. The molecule has 39 heavy (non-hydrogen) atoms. The summed E-state index contributed by atoms with van der Waals surface area (Å²) in [6, 6.07) is 13.2. The molecular weight excluding hydrogens is 523 g/mol. The number of hydrogen-bond donors (Lipinski definition) is 0. The smallest absolute Gasteiger partial charge is 0.387 e. The summed E-state index contributed by atoms with van der Waals surface area (Å²) in [6.45, 7) is 7.38. The molecule has 4 aromatic rings. The van der Waals surface area contributed by atoms with Gasteiger partial charge in [-0.1, -0.05) is 24.3 Å². The normalized spacial score (nSPS) is 17.7. The van der Waals surface area contributed by atoms with Crippen LogP contribution in [0.1, 0.15) is 49.5 Å². The zero-order valence-corrected chi connectivity index (χ0v) is 23.8. The van der Waals surface area contributed by atoms with E-state index in [1.54, 1.807) is 37.6 Å². The van der Waals surface area contributed by atoms with Crippen LogP contribution in [0.5, 0.6) is 5.75 Å². The third kappa shape index (κ3) is 5.33. The van der Waals surface area contributed by atoms with Crippen LogP contribution >= 0.6 is 0 Å². The lowest BCUT2D eigenvalue weighted by Gasteiger charge is -2.32. The van der Waals surface area contributed by atoms with Crippen molar-refractivity contribution in [1.29, 1.82) is 0 Å². The van der Waals surface area contributed by atoms with Crippen molar-refractivity contribution in [3.05, 3.63) is 77.6 Å². The van der Waals surface area contributed by atoms with Crippen molar-refractivity contribution in [2.75, 3.05) is 7.11 Å². The van der Waals surface area contributed by atoms with Gasteiger partial charge in [0, 0.05) is 42.5 Å². The van der Waals surface area contributed by atoms with Crippen molar-refractivity contribution in [1.82, 2.24) is 14.5 Å². The van der Waals surface area contributed by atoms with E-state index in [1.807, 2.05) is 30.5 Å². The first-order valence-corrected chi connectivity index (χ1v) is 16.2. The molecule has 3 heterocycles. The number of para-hydroxylation sites is 1. The number of alkyl halides is 2. The Morgan fingerprint density at radius 1 is 1.08 bits per heavy atom. The molecular formula is C29H32F3N3O3Si. The maximum Gasteiger partial charge on any atom is 0.387 e. The quantitative estimate of drug-likeness (QED) is 0.210. The Morgan fingerprint density at radius 3 is 2.46 bits per heavy atom. The third-order valence-electron chi connectivity index (χ3n) is 6.87. The predicted octanol–water partition coefficient (Wildman–Crippen LogP) is 7.61. The average Bonchev–Trinajstić information content (AvgIpc) is 3.38.